The fourth-order valence-electron chi connectivity index (χ4n) is 1.76. The lowest BCUT2D eigenvalue weighted by Gasteiger charge is -1.97. The first kappa shape index (κ1) is 15.0. The number of nitrogens with one attached hydrogen (secondary N) is 1. The van der Waals surface area contributed by atoms with Gasteiger partial charge in [-0.05, 0) is 24.3 Å². The van der Waals surface area contributed by atoms with E-state index in [2.05, 4.69) is 5.32 Å². The lowest BCUT2D eigenvalue weighted by atomic mass is 10.1. The van der Waals surface area contributed by atoms with E-state index in [4.69, 9.17) is 9.68 Å². The van der Waals surface area contributed by atoms with Gasteiger partial charge >= 0.3 is 0 Å². The molecule has 0 spiro atoms. The summed E-state index contributed by atoms with van der Waals surface area (Å²) in [6, 6.07) is 10.9. The first-order valence-corrected chi connectivity index (χ1v) is 6.23. The Morgan fingerprint density at radius 2 is 2.00 bits per heavy atom. The first-order valence-electron chi connectivity index (χ1n) is 6.23. The minimum atomic E-state index is -0.504. The molecule has 1 heterocycles. The molecule has 110 valence electrons. The molecule has 1 N–H and O–H groups in total. The van der Waals surface area contributed by atoms with Crippen molar-refractivity contribution in [3.05, 3.63) is 57.8 Å². The number of benzene rings is 1. The summed E-state index contributed by atoms with van der Waals surface area (Å²) in [6.07, 6.45) is 1.33. The molecule has 0 aliphatic rings. The van der Waals surface area contributed by atoms with E-state index in [-0.39, 0.29) is 11.3 Å². The summed E-state index contributed by atoms with van der Waals surface area (Å²) in [7, 11) is 1.43. The SMILES string of the molecule is CNC(=O)C(C#N)=Cc1ccc(-c2ccc([N+](=O)[O-])cc2)o1. The fourth-order valence-corrected chi connectivity index (χ4v) is 1.76. The van der Waals surface area contributed by atoms with Gasteiger partial charge in [0, 0.05) is 30.8 Å². The molecule has 0 fully saturated rings. The Morgan fingerprint density at radius 1 is 1.32 bits per heavy atom. The molecule has 1 aromatic carbocycles. The third-order valence-electron chi connectivity index (χ3n) is 2.87. The molecule has 0 bridgehead atoms. The summed E-state index contributed by atoms with van der Waals surface area (Å²) in [5.74, 6) is 0.319. The van der Waals surface area contributed by atoms with Crippen LogP contribution in [0.2, 0.25) is 0 Å². The Labute approximate surface area is 125 Å². The number of nitro groups is 1. The Morgan fingerprint density at radius 3 is 2.55 bits per heavy atom. The van der Waals surface area contributed by atoms with E-state index >= 15 is 0 Å². The molecule has 22 heavy (non-hydrogen) atoms. The predicted octanol–water partition coefficient (Wildman–Crippen LogP) is 2.51. The van der Waals surface area contributed by atoms with Crippen molar-refractivity contribution in [2.24, 2.45) is 0 Å². The zero-order valence-electron chi connectivity index (χ0n) is 11.6. The molecule has 0 atom stereocenters. The number of non-ortho nitro benzene ring substituents is 1. The molecule has 0 radical (unpaired) electrons. The Balaban J connectivity index is 2.28. The van der Waals surface area contributed by atoms with Crippen LogP contribution >= 0.6 is 0 Å². The van der Waals surface area contributed by atoms with Crippen molar-refractivity contribution in [1.82, 2.24) is 5.32 Å². The van der Waals surface area contributed by atoms with Gasteiger partial charge in [-0.15, -0.1) is 0 Å². The van der Waals surface area contributed by atoms with Crippen molar-refractivity contribution >= 4 is 17.7 Å². The Kier molecular flexibility index (Phi) is 4.34. The molecule has 2 aromatic rings. The van der Waals surface area contributed by atoms with E-state index in [1.807, 2.05) is 0 Å². The minimum absolute atomic E-state index is 0.0122. The number of hydrogen-bond donors (Lipinski definition) is 1. The number of carbonyl (C=O) groups is 1. The van der Waals surface area contributed by atoms with Crippen LogP contribution in [0.15, 0.2) is 46.4 Å². The number of likely N-dealkylation sites (N-methyl/N-ethyl adjacent to an activating group) is 1. The van der Waals surface area contributed by atoms with Crippen molar-refractivity contribution in [1.29, 1.82) is 5.26 Å². The average Bonchev–Trinajstić information content (AvgIpc) is 3.00. The van der Waals surface area contributed by atoms with E-state index in [9.17, 15) is 14.9 Å². The second-order valence-electron chi connectivity index (χ2n) is 4.25. The zero-order valence-corrected chi connectivity index (χ0v) is 11.6. The van der Waals surface area contributed by atoms with Gasteiger partial charge in [-0.3, -0.25) is 14.9 Å². The van der Waals surface area contributed by atoms with Crippen molar-refractivity contribution in [3.8, 4) is 17.4 Å². The highest BCUT2D eigenvalue weighted by Crippen LogP contribution is 2.25. The van der Waals surface area contributed by atoms with Crippen LogP contribution in [0, 0.1) is 21.4 Å². The summed E-state index contributed by atoms with van der Waals surface area (Å²) in [4.78, 5) is 21.5. The van der Waals surface area contributed by atoms with Crippen LogP contribution < -0.4 is 5.32 Å². The van der Waals surface area contributed by atoms with Gasteiger partial charge in [0.15, 0.2) is 0 Å². The summed E-state index contributed by atoms with van der Waals surface area (Å²) < 4.78 is 5.52. The maximum absolute atomic E-state index is 11.4. The maximum atomic E-state index is 11.4. The largest absolute Gasteiger partial charge is 0.457 e. The number of nitrogens with zero attached hydrogens (tertiary/aromatic N) is 2. The zero-order chi connectivity index (χ0) is 16.1. The predicted molar refractivity (Wildman–Crippen MR) is 78.5 cm³/mol. The lowest BCUT2D eigenvalue weighted by molar-refractivity contribution is -0.384. The number of nitriles is 1. The second kappa shape index (κ2) is 6.37. The molecule has 0 aliphatic heterocycles. The van der Waals surface area contributed by atoms with E-state index in [1.54, 1.807) is 30.3 Å². The molecule has 1 aromatic heterocycles. The highest BCUT2D eigenvalue weighted by Gasteiger charge is 2.10. The van der Waals surface area contributed by atoms with E-state index in [0.29, 0.717) is 17.1 Å². The molecule has 0 unspecified atom stereocenters. The van der Waals surface area contributed by atoms with Gasteiger partial charge in [-0.2, -0.15) is 5.26 Å². The van der Waals surface area contributed by atoms with E-state index in [0.717, 1.165) is 0 Å². The maximum Gasteiger partial charge on any atom is 0.269 e. The molecule has 2 rings (SSSR count). The monoisotopic (exact) mass is 297 g/mol. The van der Waals surface area contributed by atoms with Crippen LogP contribution in [0.3, 0.4) is 0 Å². The average molecular weight is 297 g/mol. The fraction of sp³-hybridized carbons (Fsp3) is 0.0667. The normalized spacial score (nSPS) is 10.8. The molecular formula is C15H11N3O4. The van der Waals surface area contributed by atoms with Gasteiger partial charge in [0.2, 0.25) is 0 Å². The van der Waals surface area contributed by atoms with Crippen molar-refractivity contribution < 1.29 is 14.1 Å². The quantitative estimate of drug-likeness (QED) is 0.403. The molecule has 7 heteroatoms. The van der Waals surface area contributed by atoms with Gasteiger partial charge in [0.05, 0.1) is 4.92 Å². The number of hydrogen-bond acceptors (Lipinski definition) is 5. The van der Waals surface area contributed by atoms with Crippen molar-refractivity contribution in [2.75, 3.05) is 7.05 Å². The molecule has 1 amide bonds. The third kappa shape index (κ3) is 3.19. The highest BCUT2D eigenvalue weighted by molar-refractivity contribution is 6.01. The number of nitro benzene ring substituents is 1. The first-order chi connectivity index (χ1) is 10.5. The van der Waals surface area contributed by atoms with Crippen LogP contribution in [0.1, 0.15) is 5.76 Å². The molecule has 0 saturated carbocycles. The Hall–Kier alpha value is -3.40. The summed E-state index contributed by atoms with van der Waals surface area (Å²) in [5.41, 5.74) is 0.567. The van der Waals surface area contributed by atoms with Gasteiger partial charge < -0.3 is 9.73 Å². The number of furan rings is 1. The Bertz CT molecular complexity index is 782. The lowest BCUT2D eigenvalue weighted by Crippen LogP contribution is -2.18. The molecular weight excluding hydrogens is 286 g/mol. The van der Waals surface area contributed by atoms with Crippen LogP contribution in [0.25, 0.3) is 17.4 Å². The molecule has 7 nitrogen and oxygen atoms in total. The van der Waals surface area contributed by atoms with Crippen LogP contribution in [-0.4, -0.2) is 17.9 Å². The number of amides is 1. The van der Waals surface area contributed by atoms with Gasteiger partial charge in [-0.1, -0.05) is 0 Å². The van der Waals surface area contributed by atoms with Crippen molar-refractivity contribution in [2.45, 2.75) is 0 Å². The summed E-state index contributed by atoms with van der Waals surface area (Å²) in [6.45, 7) is 0. The minimum Gasteiger partial charge on any atom is -0.457 e. The summed E-state index contributed by atoms with van der Waals surface area (Å²) in [5, 5.41) is 21.9. The van der Waals surface area contributed by atoms with Crippen LogP contribution in [-0.2, 0) is 4.79 Å². The van der Waals surface area contributed by atoms with Gasteiger partial charge in [-0.25, -0.2) is 0 Å². The highest BCUT2D eigenvalue weighted by atomic mass is 16.6. The van der Waals surface area contributed by atoms with Crippen LogP contribution in [0.4, 0.5) is 5.69 Å². The van der Waals surface area contributed by atoms with Gasteiger partial charge in [0.25, 0.3) is 11.6 Å². The summed E-state index contributed by atoms with van der Waals surface area (Å²) >= 11 is 0. The van der Waals surface area contributed by atoms with E-state index in [1.165, 1.54) is 25.3 Å². The van der Waals surface area contributed by atoms with Crippen molar-refractivity contribution in [3.63, 3.8) is 0 Å². The smallest absolute Gasteiger partial charge is 0.269 e. The van der Waals surface area contributed by atoms with Crippen LogP contribution in [0.5, 0.6) is 0 Å². The number of rotatable bonds is 4. The molecule has 0 saturated heterocycles. The number of carbonyl (C=O) groups excluding carboxylic acids is 1. The van der Waals surface area contributed by atoms with Gasteiger partial charge in [0.1, 0.15) is 23.2 Å². The molecule has 0 aliphatic carbocycles. The topological polar surface area (TPSA) is 109 Å². The van der Waals surface area contributed by atoms with E-state index < -0.39 is 10.8 Å². The second-order valence-corrected chi connectivity index (χ2v) is 4.25. The standard InChI is InChI=1S/C15H11N3O4/c1-17-15(19)11(9-16)8-13-6-7-14(22-13)10-2-4-12(5-3-10)18(20)21/h2-8H,1H3,(H,17,19). The third-order valence-corrected chi connectivity index (χ3v) is 2.87.